The number of benzene rings is 2. The second-order valence-electron chi connectivity index (χ2n) is 4.35. The molecule has 3 heteroatoms. The van der Waals surface area contributed by atoms with Crippen LogP contribution in [0.4, 0.5) is 0 Å². The summed E-state index contributed by atoms with van der Waals surface area (Å²) in [6.07, 6.45) is 0. The number of nitrogens with two attached hydrogens (primary N) is 1. The fraction of sp³-hybridized carbons (Fsp3) is 0.200. The third-order valence-corrected chi connectivity index (χ3v) is 3.06. The summed E-state index contributed by atoms with van der Waals surface area (Å²) in [5.41, 5.74) is 8.92. The van der Waals surface area contributed by atoms with Crippen LogP contribution < -0.4 is 10.5 Å². The van der Waals surface area contributed by atoms with Crippen LogP contribution in [0.15, 0.2) is 36.4 Å². The van der Waals surface area contributed by atoms with E-state index in [1.165, 1.54) is 0 Å². The minimum atomic E-state index is 0.444. The second-order valence-corrected chi connectivity index (χ2v) is 4.76. The van der Waals surface area contributed by atoms with Crippen molar-refractivity contribution in [1.29, 1.82) is 0 Å². The molecule has 0 radical (unpaired) electrons. The standard InChI is InChI=1S/C15H16ClNO/c1-10-3-5-12(9-17)14(7-10)18-15-8-11(2)4-6-13(15)16/h3-8H,9,17H2,1-2H3. The van der Waals surface area contributed by atoms with Crippen molar-refractivity contribution < 1.29 is 4.74 Å². The summed E-state index contributed by atoms with van der Waals surface area (Å²) in [4.78, 5) is 0. The number of hydrogen-bond acceptors (Lipinski definition) is 2. The van der Waals surface area contributed by atoms with Gasteiger partial charge in [-0.05, 0) is 43.2 Å². The summed E-state index contributed by atoms with van der Waals surface area (Å²) in [6, 6.07) is 11.7. The van der Waals surface area contributed by atoms with Crippen molar-refractivity contribution in [1.82, 2.24) is 0 Å². The van der Waals surface area contributed by atoms with Crippen LogP contribution in [-0.4, -0.2) is 0 Å². The zero-order valence-electron chi connectivity index (χ0n) is 10.5. The van der Waals surface area contributed by atoms with E-state index in [1.807, 2.05) is 50.2 Å². The van der Waals surface area contributed by atoms with Crippen LogP contribution >= 0.6 is 11.6 Å². The molecule has 0 unspecified atom stereocenters. The van der Waals surface area contributed by atoms with Crippen molar-refractivity contribution in [2.24, 2.45) is 5.73 Å². The van der Waals surface area contributed by atoms with Crippen molar-refractivity contribution in [2.75, 3.05) is 0 Å². The number of halogens is 1. The lowest BCUT2D eigenvalue weighted by molar-refractivity contribution is 0.476. The Balaban J connectivity index is 2.38. The highest BCUT2D eigenvalue weighted by atomic mass is 35.5. The first kappa shape index (κ1) is 12.9. The first-order valence-electron chi connectivity index (χ1n) is 5.84. The predicted molar refractivity (Wildman–Crippen MR) is 75.3 cm³/mol. The Morgan fingerprint density at radius 3 is 2.28 bits per heavy atom. The average Bonchev–Trinajstić information content (AvgIpc) is 2.34. The van der Waals surface area contributed by atoms with Crippen LogP contribution in [0.3, 0.4) is 0 Å². The molecule has 0 heterocycles. The Bertz CT molecular complexity index is 566. The van der Waals surface area contributed by atoms with Crippen LogP contribution in [0.2, 0.25) is 5.02 Å². The van der Waals surface area contributed by atoms with Crippen molar-refractivity contribution in [3.63, 3.8) is 0 Å². The molecule has 0 saturated carbocycles. The minimum absolute atomic E-state index is 0.444. The summed E-state index contributed by atoms with van der Waals surface area (Å²) in [6.45, 7) is 4.47. The van der Waals surface area contributed by atoms with Gasteiger partial charge in [-0.2, -0.15) is 0 Å². The van der Waals surface area contributed by atoms with E-state index in [0.717, 1.165) is 22.4 Å². The zero-order chi connectivity index (χ0) is 13.1. The monoisotopic (exact) mass is 261 g/mol. The van der Waals surface area contributed by atoms with Crippen molar-refractivity contribution in [3.05, 3.63) is 58.1 Å². The molecule has 0 aliphatic carbocycles. The second kappa shape index (κ2) is 5.42. The lowest BCUT2D eigenvalue weighted by atomic mass is 10.1. The van der Waals surface area contributed by atoms with E-state index < -0.39 is 0 Å². The summed E-state index contributed by atoms with van der Waals surface area (Å²) < 4.78 is 5.88. The third-order valence-electron chi connectivity index (χ3n) is 2.75. The number of aryl methyl sites for hydroxylation is 2. The van der Waals surface area contributed by atoms with Crippen LogP contribution in [0.25, 0.3) is 0 Å². The lowest BCUT2D eigenvalue weighted by Crippen LogP contribution is -2.00. The molecule has 2 aromatic carbocycles. The smallest absolute Gasteiger partial charge is 0.146 e. The molecule has 0 spiro atoms. The molecule has 0 bridgehead atoms. The number of hydrogen-bond donors (Lipinski definition) is 1. The molecule has 0 fully saturated rings. The molecule has 0 aromatic heterocycles. The molecule has 2 rings (SSSR count). The van der Waals surface area contributed by atoms with Gasteiger partial charge in [0.2, 0.25) is 0 Å². The SMILES string of the molecule is Cc1ccc(Cl)c(Oc2cc(C)ccc2CN)c1. The van der Waals surface area contributed by atoms with Crippen LogP contribution in [-0.2, 0) is 6.54 Å². The van der Waals surface area contributed by atoms with Gasteiger partial charge >= 0.3 is 0 Å². The summed E-state index contributed by atoms with van der Waals surface area (Å²) in [5, 5.41) is 0.602. The van der Waals surface area contributed by atoms with Gasteiger partial charge in [-0.15, -0.1) is 0 Å². The molecule has 0 amide bonds. The summed E-state index contributed by atoms with van der Waals surface area (Å²) in [5.74, 6) is 1.43. The molecule has 2 nitrogen and oxygen atoms in total. The highest BCUT2D eigenvalue weighted by Gasteiger charge is 2.07. The maximum Gasteiger partial charge on any atom is 0.146 e. The maximum atomic E-state index is 6.13. The topological polar surface area (TPSA) is 35.2 Å². The molecule has 0 saturated heterocycles. The zero-order valence-corrected chi connectivity index (χ0v) is 11.3. The Labute approximate surface area is 112 Å². The highest BCUT2D eigenvalue weighted by molar-refractivity contribution is 6.32. The van der Waals surface area contributed by atoms with Crippen LogP contribution in [0, 0.1) is 13.8 Å². The van der Waals surface area contributed by atoms with Crippen LogP contribution in [0.1, 0.15) is 16.7 Å². The molecular formula is C15H16ClNO. The molecular weight excluding hydrogens is 246 g/mol. The molecule has 94 valence electrons. The highest BCUT2D eigenvalue weighted by Crippen LogP contribution is 2.32. The van der Waals surface area contributed by atoms with Crippen molar-refractivity contribution in [3.8, 4) is 11.5 Å². The fourth-order valence-electron chi connectivity index (χ4n) is 1.73. The molecule has 0 aliphatic heterocycles. The molecule has 18 heavy (non-hydrogen) atoms. The molecule has 2 aromatic rings. The maximum absolute atomic E-state index is 6.13. The normalized spacial score (nSPS) is 10.4. The van der Waals surface area contributed by atoms with Gasteiger partial charge in [0.1, 0.15) is 11.5 Å². The largest absolute Gasteiger partial charge is 0.455 e. The van der Waals surface area contributed by atoms with Gasteiger partial charge in [0, 0.05) is 12.1 Å². The number of rotatable bonds is 3. The van der Waals surface area contributed by atoms with Crippen molar-refractivity contribution >= 4 is 11.6 Å². The molecule has 0 atom stereocenters. The average molecular weight is 262 g/mol. The van der Waals surface area contributed by atoms with Crippen LogP contribution in [0.5, 0.6) is 11.5 Å². The van der Waals surface area contributed by atoms with E-state index in [-0.39, 0.29) is 0 Å². The van der Waals surface area contributed by atoms with Gasteiger partial charge in [-0.25, -0.2) is 0 Å². The van der Waals surface area contributed by atoms with Crippen molar-refractivity contribution in [2.45, 2.75) is 20.4 Å². The van der Waals surface area contributed by atoms with Gasteiger partial charge in [-0.3, -0.25) is 0 Å². The van der Waals surface area contributed by atoms with E-state index in [0.29, 0.717) is 17.3 Å². The third kappa shape index (κ3) is 2.84. The Kier molecular flexibility index (Phi) is 3.90. The van der Waals surface area contributed by atoms with E-state index in [1.54, 1.807) is 0 Å². The quantitative estimate of drug-likeness (QED) is 0.898. The summed E-state index contributed by atoms with van der Waals surface area (Å²) in [7, 11) is 0. The first-order chi connectivity index (χ1) is 8.60. The Morgan fingerprint density at radius 1 is 1.00 bits per heavy atom. The molecule has 0 aliphatic rings. The predicted octanol–water partition coefficient (Wildman–Crippen LogP) is 4.21. The van der Waals surface area contributed by atoms with Gasteiger partial charge in [0.25, 0.3) is 0 Å². The van der Waals surface area contributed by atoms with E-state index >= 15 is 0 Å². The van der Waals surface area contributed by atoms with Gasteiger partial charge < -0.3 is 10.5 Å². The van der Waals surface area contributed by atoms with E-state index in [4.69, 9.17) is 22.1 Å². The lowest BCUT2D eigenvalue weighted by Gasteiger charge is -2.12. The first-order valence-corrected chi connectivity index (χ1v) is 6.21. The Morgan fingerprint density at radius 2 is 1.61 bits per heavy atom. The van der Waals surface area contributed by atoms with E-state index in [9.17, 15) is 0 Å². The van der Waals surface area contributed by atoms with Gasteiger partial charge in [-0.1, -0.05) is 29.8 Å². The Hall–Kier alpha value is -1.51. The minimum Gasteiger partial charge on any atom is -0.455 e. The van der Waals surface area contributed by atoms with E-state index in [2.05, 4.69) is 0 Å². The summed E-state index contributed by atoms with van der Waals surface area (Å²) >= 11 is 6.13. The fourth-order valence-corrected chi connectivity index (χ4v) is 1.89. The van der Waals surface area contributed by atoms with Gasteiger partial charge in [0.15, 0.2) is 0 Å². The number of ether oxygens (including phenoxy) is 1. The van der Waals surface area contributed by atoms with Gasteiger partial charge in [0.05, 0.1) is 5.02 Å². The molecule has 2 N–H and O–H groups in total.